The van der Waals surface area contributed by atoms with Gasteiger partial charge in [-0.25, -0.2) is 0 Å². The SMILES string of the molecule is Cc1c(/C=C2/C(=O)NC(=S)N(c3ccc(Oc4ccccc4)cc3)C2=O)c2ccccc2n1C. The summed E-state index contributed by atoms with van der Waals surface area (Å²) in [6.45, 7) is 1.96. The molecule has 6 nitrogen and oxygen atoms in total. The van der Waals surface area contributed by atoms with Crippen molar-refractivity contribution in [1.29, 1.82) is 0 Å². The summed E-state index contributed by atoms with van der Waals surface area (Å²) in [7, 11) is 1.96. The van der Waals surface area contributed by atoms with E-state index in [-0.39, 0.29) is 10.7 Å². The Morgan fingerprint density at radius 2 is 1.53 bits per heavy atom. The van der Waals surface area contributed by atoms with Crippen LogP contribution in [0.25, 0.3) is 17.0 Å². The molecule has 2 amide bonds. The van der Waals surface area contributed by atoms with Crippen LogP contribution in [0.1, 0.15) is 11.3 Å². The molecule has 1 aliphatic rings. The van der Waals surface area contributed by atoms with E-state index >= 15 is 0 Å². The highest BCUT2D eigenvalue weighted by molar-refractivity contribution is 7.80. The molecule has 0 aliphatic carbocycles. The van der Waals surface area contributed by atoms with Crippen LogP contribution in [0, 0.1) is 6.92 Å². The molecule has 1 aromatic heterocycles. The van der Waals surface area contributed by atoms with Crippen LogP contribution in [0.2, 0.25) is 0 Å². The fourth-order valence-corrected chi connectivity index (χ4v) is 4.34. The number of nitrogens with zero attached hydrogens (tertiary/aromatic N) is 2. The number of thiocarbonyl (C=S) groups is 1. The van der Waals surface area contributed by atoms with E-state index in [0.717, 1.165) is 22.2 Å². The van der Waals surface area contributed by atoms with Gasteiger partial charge in [-0.2, -0.15) is 0 Å². The van der Waals surface area contributed by atoms with Crippen molar-refractivity contribution in [3.8, 4) is 11.5 Å². The van der Waals surface area contributed by atoms with Crippen LogP contribution in [0.5, 0.6) is 11.5 Å². The molecule has 1 aliphatic heterocycles. The number of ether oxygens (including phenoxy) is 1. The lowest BCUT2D eigenvalue weighted by Crippen LogP contribution is -2.54. The number of aromatic nitrogens is 1. The first-order valence-corrected chi connectivity index (χ1v) is 11.1. The zero-order chi connectivity index (χ0) is 23.8. The van der Waals surface area contributed by atoms with Crippen LogP contribution < -0.4 is 15.0 Å². The number of fused-ring (bicyclic) bond motifs is 1. The van der Waals surface area contributed by atoms with Crippen molar-refractivity contribution >= 4 is 51.8 Å². The number of benzene rings is 3. The van der Waals surface area contributed by atoms with Crippen molar-refractivity contribution in [2.24, 2.45) is 7.05 Å². The van der Waals surface area contributed by atoms with Gasteiger partial charge in [-0.05, 0) is 67.7 Å². The third-order valence-electron chi connectivity index (χ3n) is 5.91. The van der Waals surface area contributed by atoms with Gasteiger partial charge in [0.1, 0.15) is 17.1 Å². The molecule has 0 bridgehead atoms. The van der Waals surface area contributed by atoms with Crippen LogP contribution in [0.3, 0.4) is 0 Å². The minimum Gasteiger partial charge on any atom is -0.457 e. The molecule has 0 spiro atoms. The Kier molecular flexibility index (Phi) is 5.47. The molecule has 2 heterocycles. The second kappa shape index (κ2) is 8.61. The molecule has 5 rings (SSSR count). The zero-order valence-electron chi connectivity index (χ0n) is 18.6. The quantitative estimate of drug-likeness (QED) is 0.257. The number of carbonyl (C=O) groups is 2. The molecule has 4 aromatic rings. The lowest BCUT2D eigenvalue weighted by Gasteiger charge is -2.29. The molecule has 7 heteroatoms. The molecular weight excluding hydrogens is 446 g/mol. The summed E-state index contributed by atoms with van der Waals surface area (Å²) in [5.74, 6) is 0.347. The Hall–Kier alpha value is -4.23. The summed E-state index contributed by atoms with van der Waals surface area (Å²) < 4.78 is 7.87. The van der Waals surface area contributed by atoms with E-state index in [4.69, 9.17) is 17.0 Å². The molecule has 0 radical (unpaired) electrons. The third kappa shape index (κ3) is 3.76. The number of hydrogen-bond acceptors (Lipinski definition) is 4. The van der Waals surface area contributed by atoms with E-state index in [1.165, 1.54) is 4.90 Å². The number of amides is 2. The Morgan fingerprint density at radius 3 is 2.26 bits per heavy atom. The first kappa shape index (κ1) is 21.6. The lowest BCUT2D eigenvalue weighted by atomic mass is 10.0. The topological polar surface area (TPSA) is 63.6 Å². The molecule has 0 atom stereocenters. The van der Waals surface area contributed by atoms with Crippen LogP contribution in [-0.4, -0.2) is 21.5 Å². The molecular formula is C27H21N3O3S. The Balaban J connectivity index is 1.49. The van der Waals surface area contributed by atoms with Gasteiger partial charge in [0, 0.05) is 29.2 Å². The molecule has 1 saturated heterocycles. The highest BCUT2D eigenvalue weighted by Crippen LogP contribution is 2.30. The van der Waals surface area contributed by atoms with Crippen molar-refractivity contribution in [2.75, 3.05) is 4.90 Å². The van der Waals surface area contributed by atoms with Crippen LogP contribution >= 0.6 is 12.2 Å². The van der Waals surface area contributed by atoms with E-state index in [2.05, 4.69) is 5.32 Å². The highest BCUT2D eigenvalue weighted by atomic mass is 32.1. The van der Waals surface area contributed by atoms with Gasteiger partial charge >= 0.3 is 0 Å². The fourth-order valence-electron chi connectivity index (χ4n) is 4.06. The predicted octanol–water partition coefficient (Wildman–Crippen LogP) is 5.11. The second-order valence-corrected chi connectivity index (χ2v) is 8.33. The Bertz CT molecular complexity index is 1470. The van der Waals surface area contributed by atoms with Gasteiger partial charge in [0.25, 0.3) is 11.8 Å². The number of aryl methyl sites for hydroxylation is 1. The van der Waals surface area contributed by atoms with E-state index in [1.54, 1.807) is 30.3 Å². The number of rotatable bonds is 4. The van der Waals surface area contributed by atoms with Gasteiger partial charge < -0.3 is 9.30 Å². The van der Waals surface area contributed by atoms with Crippen LogP contribution in [-0.2, 0) is 16.6 Å². The third-order valence-corrected chi connectivity index (χ3v) is 6.20. The van der Waals surface area contributed by atoms with Crippen LogP contribution in [0.4, 0.5) is 5.69 Å². The number of nitrogens with one attached hydrogen (secondary N) is 1. The monoisotopic (exact) mass is 467 g/mol. The van der Waals surface area contributed by atoms with Gasteiger partial charge in [-0.1, -0.05) is 36.4 Å². The summed E-state index contributed by atoms with van der Waals surface area (Å²) in [5.41, 5.74) is 3.37. The van der Waals surface area contributed by atoms with Crippen molar-refractivity contribution in [3.05, 3.63) is 95.7 Å². The number of para-hydroxylation sites is 2. The largest absolute Gasteiger partial charge is 0.457 e. The Labute approximate surface area is 202 Å². The first-order valence-electron chi connectivity index (χ1n) is 10.7. The molecule has 0 unspecified atom stereocenters. The highest BCUT2D eigenvalue weighted by Gasteiger charge is 2.35. The zero-order valence-corrected chi connectivity index (χ0v) is 19.4. The van der Waals surface area contributed by atoms with Gasteiger partial charge in [-0.3, -0.25) is 19.8 Å². The minimum atomic E-state index is -0.511. The fraction of sp³-hybridized carbons (Fsp3) is 0.0741. The average Bonchev–Trinajstić information content (AvgIpc) is 3.08. The van der Waals surface area contributed by atoms with Gasteiger partial charge in [-0.15, -0.1) is 0 Å². The van der Waals surface area contributed by atoms with Crippen molar-refractivity contribution in [2.45, 2.75) is 6.92 Å². The summed E-state index contributed by atoms with van der Waals surface area (Å²) in [6, 6.07) is 24.3. The minimum absolute atomic E-state index is 0.0256. The number of carbonyl (C=O) groups excluding carboxylic acids is 2. The van der Waals surface area contributed by atoms with Crippen molar-refractivity contribution in [1.82, 2.24) is 9.88 Å². The maximum absolute atomic E-state index is 13.5. The maximum atomic E-state index is 13.5. The van der Waals surface area contributed by atoms with E-state index < -0.39 is 11.8 Å². The first-order chi connectivity index (χ1) is 16.4. The molecule has 34 heavy (non-hydrogen) atoms. The van der Waals surface area contributed by atoms with Gasteiger partial charge in [0.05, 0.1) is 5.69 Å². The van der Waals surface area contributed by atoms with E-state index in [0.29, 0.717) is 17.2 Å². The Morgan fingerprint density at radius 1 is 0.882 bits per heavy atom. The predicted molar refractivity (Wildman–Crippen MR) is 137 cm³/mol. The summed E-state index contributed by atoms with van der Waals surface area (Å²) in [4.78, 5) is 27.5. The second-order valence-electron chi connectivity index (χ2n) is 7.94. The van der Waals surface area contributed by atoms with Crippen molar-refractivity contribution in [3.63, 3.8) is 0 Å². The molecule has 1 fully saturated rings. The normalized spacial score (nSPS) is 15.2. The summed E-state index contributed by atoms with van der Waals surface area (Å²) >= 11 is 5.34. The molecule has 0 saturated carbocycles. The summed E-state index contributed by atoms with van der Waals surface area (Å²) in [6.07, 6.45) is 1.65. The van der Waals surface area contributed by atoms with Crippen LogP contribution in [0.15, 0.2) is 84.4 Å². The molecule has 168 valence electrons. The smallest absolute Gasteiger partial charge is 0.270 e. The number of hydrogen-bond donors (Lipinski definition) is 1. The summed E-state index contributed by atoms with van der Waals surface area (Å²) in [5, 5.41) is 3.66. The average molecular weight is 468 g/mol. The molecule has 1 N–H and O–H groups in total. The van der Waals surface area contributed by atoms with E-state index in [9.17, 15) is 9.59 Å². The van der Waals surface area contributed by atoms with Gasteiger partial charge in [0.2, 0.25) is 0 Å². The molecule has 3 aromatic carbocycles. The van der Waals surface area contributed by atoms with Crippen molar-refractivity contribution < 1.29 is 14.3 Å². The van der Waals surface area contributed by atoms with E-state index in [1.807, 2.05) is 73.1 Å². The standard InChI is InChI=1S/C27H21N3O3S/c1-17-22(21-10-6-7-11-24(21)29(17)2)16-23-25(31)28-27(34)30(26(23)32)18-12-14-20(15-13-18)33-19-8-4-3-5-9-19/h3-16H,1-2H3,(H,28,31,34)/b23-16-. The lowest BCUT2D eigenvalue weighted by molar-refractivity contribution is -0.122. The maximum Gasteiger partial charge on any atom is 0.270 e. The number of anilines is 1. The van der Waals surface area contributed by atoms with Gasteiger partial charge in [0.15, 0.2) is 5.11 Å².